The lowest BCUT2D eigenvalue weighted by molar-refractivity contribution is 0.593. The van der Waals surface area contributed by atoms with E-state index in [0.29, 0.717) is 5.69 Å². The number of rotatable bonds is 2. The van der Waals surface area contributed by atoms with Crippen molar-refractivity contribution in [2.45, 2.75) is 6.92 Å². The first kappa shape index (κ1) is 11.2. The molecule has 0 saturated heterocycles. The van der Waals surface area contributed by atoms with E-state index < -0.39 is 0 Å². The third-order valence-electron chi connectivity index (χ3n) is 1.68. The van der Waals surface area contributed by atoms with Gasteiger partial charge in [-0.05, 0) is 19.1 Å². The first-order chi connectivity index (χ1) is 6.91. The molecule has 7 nitrogen and oxygen atoms in total. The number of anilines is 1. The molecule has 0 aliphatic carbocycles. The Labute approximate surface area is 91.6 Å². The predicted molar refractivity (Wildman–Crippen MR) is 61.6 cm³/mol. The van der Waals surface area contributed by atoms with Crippen LogP contribution in [0.5, 0.6) is 0 Å². The molecule has 0 unspecified atom stereocenters. The van der Waals surface area contributed by atoms with Gasteiger partial charge in [0.2, 0.25) is 5.95 Å². The molecule has 0 radical (unpaired) electrons. The van der Waals surface area contributed by atoms with E-state index in [9.17, 15) is 4.79 Å². The average molecular weight is 228 g/mol. The number of nitrogens with one attached hydrogen (secondary N) is 1. The third-order valence-corrected chi connectivity index (χ3v) is 1.95. The molecule has 5 N–H and O–H groups in total. The summed E-state index contributed by atoms with van der Waals surface area (Å²) in [5.74, 6) is 5.64. The Kier molecular flexibility index (Phi) is 3.10. The summed E-state index contributed by atoms with van der Waals surface area (Å²) in [6.07, 6.45) is 0. The van der Waals surface area contributed by atoms with Crippen molar-refractivity contribution < 1.29 is 0 Å². The zero-order valence-corrected chi connectivity index (χ0v) is 9.21. The van der Waals surface area contributed by atoms with Gasteiger partial charge in [-0.15, -0.1) is 0 Å². The van der Waals surface area contributed by atoms with Gasteiger partial charge in [-0.3, -0.25) is 15.2 Å². The van der Waals surface area contributed by atoms with Crippen molar-refractivity contribution in [1.82, 2.24) is 14.7 Å². The molecule has 0 saturated carbocycles. The Bertz CT molecular complexity index is 442. The lowest BCUT2D eigenvalue weighted by atomic mass is 10.4. The third kappa shape index (κ3) is 2.56. The van der Waals surface area contributed by atoms with Gasteiger partial charge in [0.15, 0.2) is 5.11 Å². The Balaban J connectivity index is 3.05. The molecule has 0 aliphatic heterocycles. The zero-order chi connectivity index (χ0) is 11.6. The van der Waals surface area contributed by atoms with Crippen molar-refractivity contribution in [2.24, 2.45) is 5.73 Å². The van der Waals surface area contributed by atoms with Crippen molar-refractivity contribution in [3.05, 3.63) is 22.1 Å². The van der Waals surface area contributed by atoms with Gasteiger partial charge >= 0.3 is 0 Å². The van der Waals surface area contributed by atoms with Crippen LogP contribution in [0, 0.1) is 6.92 Å². The average Bonchev–Trinajstić information content (AvgIpc) is 2.13. The topological polar surface area (TPSA) is 102 Å². The fourth-order valence-corrected chi connectivity index (χ4v) is 0.935. The summed E-state index contributed by atoms with van der Waals surface area (Å²) in [4.78, 5) is 15.3. The van der Waals surface area contributed by atoms with Gasteiger partial charge in [0.25, 0.3) is 5.56 Å². The Morgan fingerprint density at radius 1 is 1.73 bits per heavy atom. The Hall–Kier alpha value is -1.83. The highest BCUT2D eigenvalue weighted by molar-refractivity contribution is 7.80. The van der Waals surface area contributed by atoms with Crippen LogP contribution in [0.15, 0.2) is 10.9 Å². The molecule has 0 fully saturated rings. The minimum Gasteiger partial charge on any atom is -0.375 e. The molecule has 0 aromatic carbocycles. The quantitative estimate of drug-likeness (QED) is 0.331. The minimum atomic E-state index is -0.360. The monoisotopic (exact) mass is 228 g/mol. The molecule has 15 heavy (non-hydrogen) atoms. The van der Waals surface area contributed by atoms with E-state index in [2.05, 4.69) is 10.4 Å². The Morgan fingerprint density at radius 2 is 2.33 bits per heavy atom. The van der Waals surface area contributed by atoms with Crippen LogP contribution >= 0.6 is 12.2 Å². The standard InChI is InChI=1S/C7H12N6OS/c1-4-3-5(14)13(9)7(10-4)11-12(2)6(8)15/h3H,9H2,1-2H3,(H2,8,15)(H,10,11). The maximum atomic E-state index is 11.3. The van der Waals surface area contributed by atoms with Crippen molar-refractivity contribution in [2.75, 3.05) is 18.3 Å². The molecule has 1 heterocycles. The zero-order valence-electron chi connectivity index (χ0n) is 8.39. The number of hydrogen-bond acceptors (Lipinski definition) is 5. The number of hydrogen-bond donors (Lipinski definition) is 3. The van der Waals surface area contributed by atoms with E-state index >= 15 is 0 Å². The van der Waals surface area contributed by atoms with Crippen molar-refractivity contribution in [3.8, 4) is 0 Å². The first-order valence-corrected chi connectivity index (χ1v) is 4.48. The van der Waals surface area contributed by atoms with Gasteiger partial charge in [-0.1, -0.05) is 0 Å². The second kappa shape index (κ2) is 4.13. The van der Waals surface area contributed by atoms with Crippen LogP contribution in [0.4, 0.5) is 5.95 Å². The maximum absolute atomic E-state index is 11.3. The van der Waals surface area contributed by atoms with Crippen LogP contribution in [0.3, 0.4) is 0 Å². The van der Waals surface area contributed by atoms with Crippen LogP contribution < -0.4 is 22.6 Å². The summed E-state index contributed by atoms with van der Waals surface area (Å²) in [6, 6.07) is 1.33. The molecule has 1 aromatic rings. The predicted octanol–water partition coefficient (Wildman–Crippen LogP) is -1.23. The number of nitrogens with two attached hydrogens (primary N) is 2. The highest BCUT2D eigenvalue weighted by Gasteiger charge is 2.06. The summed E-state index contributed by atoms with van der Waals surface area (Å²) < 4.78 is 0.877. The van der Waals surface area contributed by atoms with Gasteiger partial charge in [0.05, 0.1) is 0 Å². The normalized spacial score (nSPS) is 9.73. The van der Waals surface area contributed by atoms with E-state index in [4.69, 9.17) is 23.8 Å². The van der Waals surface area contributed by atoms with Crippen LogP contribution in [0.2, 0.25) is 0 Å². The number of thiocarbonyl (C=S) groups is 1. The summed E-state index contributed by atoms with van der Waals surface area (Å²) in [6.45, 7) is 1.69. The van der Waals surface area contributed by atoms with Crippen molar-refractivity contribution >= 4 is 23.3 Å². The lowest BCUT2D eigenvalue weighted by Gasteiger charge is -2.19. The van der Waals surface area contributed by atoms with Crippen LogP contribution in [0.1, 0.15) is 5.69 Å². The van der Waals surface area contributed by atoms with Crippen molar-refractivity contribution in [3.63, 3.8) is 0 Å². The molecule has 1 rings (SSSR count). The molecule has 0 aliphatic rings. The van der Waals surface area contributed by atoms with E-state index in [1.54, 1.807) is 14.0 Å². The molecule has 0 amide bonds. The number of aromatic nitrogens is 2. The maximum Gasteiger partial charge on any atom is 0.273 e. The van der Waals surface area contributed by atoms with E-state index in [-0.39, 0.29) is 16.6 Å². The van der Waals surface area contributed by atoms with Crippen molar-refractivity contribution in [1.29, 1.82) is 0 Å². The second-order valence-electron chi connectivity index (χ2n) is 2.94. The summed E-state index contributed by atoms with van der Waals surface area (Å²) >= 11 is 4.71. The summed E-state index contributed by atoms with van der Waals surface area (Å²) in [7, 11) is 1.59. The van der Waals surface area contributed by atoms with Gasteiger partial charge in [0, 0.05) is 18.8 Å². The number of hydrazine groups is 1. The fourth-order valence-electron chi connectivity index (χ4n) is 0.890. The van der Waals surface area contributed by atoms with E-state index in [1.807, 2.05) is 0 Å². The smallest absolute Gasteiger partial charge is 0.273 e. The number of nitrogens with zero attached hydrogens (tertiary/aromatic N) is 3. The van der Waals surface area contributed by atoms with Gasteiger partial charge in [-0.25, -0.2) is 4.98 Å². The highest BCUT2D eigenvalue weighted by atomic mass is 32.1. The first-order valence-electron chi connectivity index (χ1n) is 4.07. The number of nitrogen functional groups attached to an aromatic ring is 1. The molecule has 1 aromatic heterocycles. The van der Waals surface area contributed by atoms with Crippen LogP contribution in [-0.4, -0.2) is 26.8 Å². The second-order valence-corrected chi connectivity index (χ2v) is 3.36. The van der Waals surface area contributed by atoms with E-state index in [0.717, 1.165) is 4.68 Å². The van der Waals surface area contributed by atoms with Crippen LogP contribution in [0.25, 0.3) is 0 Å². The highest BCUT2D eigenvalue weighted by Crippen LogP contribution is 1.99. The molecule has 0 spiro atoms. The molecule has 8 heteroatoms. The number of aryl methyl sites for hydroxylation is 1. The summed E-state index contributed by atoms with van der Waals surface area (Å²) in [5, 5.41) is 1.45. The largest absolute Gasteiger partial charge is 0.375 e. The summed E-state index contributed by atoms with van der Waals surface area (Å²) in [5.41, 5.74) is 8.23. The fraction of sp³-hybridized carbons (Fsp3) is 0.286. The molecule has 82 valence electrons. The lowest BCUT2D eigenvalue weighted by Crippen LogP contribution is -2.40. The molecule has 0 atom stereocenters. The minimum absolute atomic E-state index is 0.116. The molecular formula is C7H12N6OS. The SMILES string of the molecule is Cc1cc(=O)n(N)c(NN(C)C(N)=S)n1. The van der Waals surface area contributed by atoms with Crippen LogP contribution in [-0.2, 0) is 0 Å². The van der Waals surface area contributed by atoms with E-state index in [1.165, 1.54) is 11.1 Å². The van der Waals surface area contributed by atoms with Gasteiger partial charge < -0.3 is 11.6 Å². The van der Waals surface area contributed by atoms with Gasteiger partial charge in [0.1, 0.15) is 0 Å². The molecular weight excluding hydrogens is 216 g/mol. The van der Waals surface area contributed by atoms with Gasteiger partial charge in [-0.2, -0.15) is 4.68 Å². The Morgan fingerprint density at radius 3 is 2.87 bits per heavy atom. The molecule has 0 bridgehead atoms.